The van der Waals surface area contributed by atoms with E-state index in [9.17, 15) is 0 Å². The topological polar surface area (TPSA) is 43.6 Å². The molecule has 0 spiro atoms. The van der Waals surface area contributed by atoms with E-state index in [1.54, 1.807) is 0 Å². The lowest BCUT2D eigenvalue weighted by atomic mass is 10.1. The number of aryl methyl sites for hydroxylation is 2. The molecule has 136 valence electrons. The number of benzene rings is 3. The van der Waals surface area contributed by atoms with E-state index >= 15 is 0 Å². The summed E-state index contributed by atoms with van der Waals surface area (Å²) in [4.78, 5) is 14.5. The second kappa shape index (κ2) is 6.43. The lowest BCUT2D eigenvalue weighted by Crippen LogP contribution is -2.00. The maximum atomic E-state index is 6.10. The van der Waals surface area contributed by atoms with Crippen molar-refractivity contribution < 1.29 is 0 Å². The van der Waals surface area contributed by atoms with Crippen molar-refractivity contribution in [1.29, 1.82) is 0 Å². The van der Waals surface area contributed by atoms with E-state index in [-0.39, 0.29) is 0 Å². The van der Waals surface area contributed by atoms with Crippen LogP contribution in [0, 0.1) is 13.8 Å². The van der Waals surface area contributed by atoms with Gasteiger partial charge in [0.05, 0.1) is 11.0 Å². The number of halogens is 1. The standard InChI is InChI=1S/C23H17ClN4/c1-14-11-15(2)13-18(12-14)28-22(16-7-9-17(24)10-8-16)27-21-23(28)26-20-6-4-3-5-19(20)25-21/h3-13H,1-2H3. The molecule has 0 radical (unpaired) electrons. The molecule has 5 heteroatoms. The molecule has 4 nitrogen and oxygen atoms in total. The molecule has 0 N–H and O–H groups in total. The second-order valence-electron chi connectivity index (χ2n) is 6.98. The molecule has 2 heterocycles. The summed E-state index contributed by atoms with van der Waals surface area (Å²) in [6.45, 7) is 4.19. The van der Waals surface area contributed by atoms with E-state index in [1.165, 1.54) is 11.1 Å². The van der Waals surface area contributed by atoms with Crippen molar-refractivity contribution in [2.24, 2.45) is 0 Å². The first-order valence-electron chi connectivity index (χ1n) is 9.08. The van der Waals surface area contributed by atoms with Crippen molar-refractivity contribution in [1.82, 2.24) is 19.5 Å². The molecule has 2 aromatic heterocycles. The summed E-state index contributed by atoms with van der Waals surface area (Å²) >= 11 is 6.10. The molecule has 0 aliphatic heterocycles. The number of hydrogen-bond acceptors (Lipinski definition) is 3. The number of aromatic nitrogens is 4. The third-order valence-corrected chi connectivity index (χ3v) is 4.99. The normalized spacial score (nSPS) is 11.4. The first-order chi connectivity index (χ1) is 13.6. The van der Waals surface area contributed by atoms with Crippen molar-refractivity contribution in [3.63, 3.8) is 0 Å². The Labute approximate surface area is 167 Å². The molecule has 0 atom stereocenters. The van der Waals surface area contributed by atoms with E-state index < -0.39 is 0 Å². The highest BCUT2D eigenvalue weighted by molar-refractivity contribution is 6.30. The summed E-state index contributed by atoms with van der Waals surface area (Å²) in [5, 5.41) is 0.694. The van der Waals surface area contributed by atoms with Crippen LogP contribution in [-0.2, 0) is 0 Å². The molecule has 0 fully saturated rings. The third-order valence-electron chi connectivity index (χ3n) is 4.74. The van der Waals surface area contributed by atoms with Crippen LogP contribution in [-0.4, -0.2) is 19.5 Å². The zero-order valence-corrected chi connectivity index (χ0v) is 16.3. The van der Waals surface area contributed by atoms with Gasteiger partial charge >= 0.3 is 0 Å². The highest BCUT2D eigenvalue weighted by atomic mass is 35.5. The van der Waals surface area contributed by atoms with E-state index in [0.29, 0.717) is 10.7 Å². The Morgan fingerprint density at radius 1 is 0.750 bits per heavy atom. The van der Waals surface area contributed by atoms with E-state index in [2.05, 4.69) is 36.6 Å². The Kier molecular flexibility index (Phi) is 3.88. The van der Waals surface area contributed by atoms with Gasteiger partial charge in [0.1, 0.15) is 5.82 Å². The number of hydrogen-bond donors (Lipinski definition) is 0. The minimum absolute atomic E-state index is 0.628. The molecule has 0 amide bonds. The van der Waals surface area contributed by atoms with Crippen molar-refractivity contribution in [2.45, 2.75) is 13.8 Å². The smallest absolute Gasteiger partial charge is 0.199 e. The van der Waals surface area contributed by atoms with E-state index in [1.807, 2.05) is 48.5 Å². The van der Waals surface area contributed by atoms with Crippen LogP contribution in [0.4, 0.5) is 0 Å². The quantitative estimate of drug-likeness (QED) is 0.380. The molecule has 0 bridgehead atoms. The van der Waals surface area contributed by atoms with Gasteiger partial charge < -0.3 is 0 Å². The van der Waals surface area contributed by atoms with Crippen LogP contribution in [0.1, 0.15) is 11.1 Å². The highest BCUT2D eigenvalue weighted by Crippen LogP contribution is 2.29. The number of rotatable bonds is 2. The molecule has 0 unspecified atom stereocenters. The zero-order chi connectivity index (χ0) is 19.3. The highest BCUT2D eigenvalue weighted by Gasteiger charge is 2.18. The monoisotopic (exact) mass is 384 g/mol. The average molecular weight is 385 g/mol. The Balaban J connectivity index is 1.89. The SMILES string of the molecule is Cc1cc(C)cc(-n2c(-c3ccc(Cl)cc3)nc3nc4ccccc4nc32)c1. The number of imidazole rings is 1. The largest absolute Gasteiger partial charge is 0.275 e. The second-order valence-corrected chi connectivity index (χ2v) is 7.42. The van der Waals surface area contributed by atoms with Crippen molar-refractivity contribution >= 4 is 33.9 Å². The van der Waals surface area contributed by atoms with Crippen LogP contribution < -0.4 is 0 Å². The first kappa shape index (κ1) is 16.9. The van der Waals surface area contributed by atoms with Gasteiger partial charge in [0.15, 0.2) is 11.3 Å². The molecule has 0 saturated carbocycles. The minimum Gasteiger partial charge on any atom is -0.275 e. The van der Waals surface area contributed by atoms with Gasteiger partial charge in [-0.05, 0) is 73.5 Å². The van der Waals surface area contributed by atoms with Crippen LogP contribution in [0.2, 0.25) is 5.02 Å². The van der Waals surface area contributed by atoms with Gasteiger partial charge in [0, 0.05) is 16.3 Å². The molecule has 28 heavy (non-hydrogen) atoms. The molecule has 3 aromatic carbocycles. The predicted octanol–water partition coefficient (Wildman–Crippen LogP) is 5.91. The van der Waals surface area contributed by atoms with Crippen LogP contribution >= 0.6 is 11.6 Å². The minimum atomic E-state index is 0.628. The first-order valence-corrected chi connectivity index (χ1v) is 9.46. The lowest BCUT2D eigenvalue weighted by molar-refractivity contribution is 1.07. The molecule has 5 aromatic rings. The van der Waals surface area contributed by atoms with Gasteiger partial charge in [0.2, 0.25) is 0 Å². The molecular formula is C23H17ClN4. The summed E-state index contributed by atoms with van der Waals surface area (Å²) in [7, 11) is 0. The van der Waals surface area contributed by atoms with Gasteiger partial charge in [-0.2, -0.15) is 0 Å². The Bertz CT molecular complexity index is 1320. The van der Waals surface area contributed by atoms with Crippen LogP contribution in [0.25, 0.3) is 39.4 Å². The van der Waals surface area contributed by atoms with Gasteiger partial charge in [-0.25, -0.2) is 15.0 Å². The predicted molar refractivity (Wildman–Crippen MR) is 114 cm³/mol. The number of fused-ring (bicyclic) bond motifs is 2. The summed E-state index contributed by atoms with van der Waals surface area (Å²) in [6, 6.07) is 22.0. The van der Waals surface area contributed by atoms with Gasteiger partial charge in [0.25, 0.3) is 0 Å². The fraction of sp³-hybridized carbons (Fsp3) is 0.0870. The summed E-state index contributed by atoms with van der Waals surface area (Å²) in [5.41, 5.74) is 7.42. The molecular weight excluding hydrogens is 368 g/mol. The van der Waals surface area contributed by atoms with Crippen molar-refractivity contribution in [3.8, 4) is 17.1 Å². The van der Waals surface area contributed by atoms with Crippen LogP contribution in [0.15, 0.2) is 66.7 Å². The molecule has 0 aliphatic rings. The van der Waals surface area contributed by atoms with Gasteiger partial charge in [-0.3, -0.25) is 4.57 Å². The summed E-state index contributed by atoms with van der Waals surface area (Å²) in [6.07, 6.45) is 0. The lowest BCUT2D eigenvalue weighted by Gasteiger charge is -2.11. The number of nitrogens with zero attached hydrogens (tertiary/aromatic N) is 4. The Morgan fingerprint density at radius 2 is 1.39 bits per heavy atom. The zero-order valence-electron chi connectivity index (χ0n) is 15.5. The maximum Gasteiger partial charge on any atom is 0.199 e. The van der Waals surface area contributed by atoms with Gasteiger partial charge in [-0.15, -0.1) is 0 Å². The fourth-order valence-electron chi connectivity index (χ4n) is 3.57. The third kappa shape index (κ3) is 2.83. The Hall–Kier alpha value is -3.24. The van der Waals surface area contributed by atoms with E-state index in [0.717, 1.165) is 33.8 Å². The average Bonchev–Trinajstić information content (AvgIpc) is 3.04. The van der Waals surface area contributed by atoms with E-state index in [4.69, 9.17) is 26.6 Å². The van der Waals surface area contributed by atoms with Crippen LogP contribution in [0.5, 0.6) is 0 Å². The molecule has 0 aliphatic carbocycles. The van der Waals surface area contributed by atoms with Gasteiger partial charge in [-0.1, -0.05) is 29.8 Å². The molecule has 0 saturated heterocycles. The maximum absolute atomic E-state index is 6.10. The summed E-state index contributed by atoms with van der Waals surface area (Å²) in [5.74, 6) is 0.798. The van der Waals surface area contributed by atoms with Crippen molar-refractivity contribution in [2.75, 3.05) is 0 Å². The summed E-state index contributed by atoms with van der Waals surface area (Å²) < 4.78 is 2.08. The molecule has 5 rings (SSSR count). The van der Waals surface area contributed by atoms with Crippen molar-refractivity contribution in [3.05, 3.63) is 82.9 Å². The Morgan fingerprint density at radius 3 is 2.07 bits per heavy atom. The fourth-order valence-corrected chi connectivity index (χ4v) is 3.70. The number of para-hydroxylation sites is 2. The van der Waals surface area contributed by atoms with Crippen LogP contribution in [0.3, 0.4) is 0 Å².